The molecule has 23 heavy (non-hydrogen) atoms. The molecule has 0 amide bonds. The van der Waals surface area contributed by atoms with Crippen molar-refractivity contribution in [3.05, 3.63) is 95.6 Å². The molecule has 3 aromatic rings. The lowest BCUT2D eigenvalue weighted by Gasteiger charge is -2.00. The van der Waals surface area contributed by atoms with Crippen molar-refractivity contribution in [1.82, 2.24) is 0 Å². The van der Waals surface area contributed by atoms with Crippen LogP contribution in [0.4, 0.5) is 0 Å². The molecule has 3 aromatic carbocycles. The van der Waals surface area contributed by atoms with Crippen LogP contribution in [0.15, 0.2) is 78.9 Å². The summed E-state index contributed by atoms with van der Waals surface area (Å²) in [5, 5.41) is 8.48. The van der Waals surface area contributed by atoms with E-state index in [1.807, 2.05) is 13.0 Å². The first-order valence-electron chi connectivity index (χ1n) is 7.48. The summed E-state index contributed by atoms with van der Waals surface area (Å²) in [6.07, 6.45) is 0. The van der Waals surface area contributed by atoms with Crippen molar-refractivity contribution in [2.24, 2.45) is 0 Å². The molecule has 116 valence electrons. The van der Waals surface area contributed by atoms with Gasteiger partial charge in [-0.05, 0) is 37.1 Å². The van der Waals surface area contributed by atoms with Gasteiger partial charge < -0.3 is 5.11 Å². The maximum absolute atomic E-state index is 10.3. The summed E-state index contributed by atoms with van der Waals surface area (Å²) >= 11 is 0. The Morgan fingerprint density at radius 3 is 1.57 bits per heavy atom. The molecule has 2 nitrogen and oxygen atoms in total. The summed E-state index contributed by atoms with van der Waals surface area (Å²) in [5.74, 6) is -0.875. The Morgan fingerprint density at radius 1 is 0.652 bits per heavy atom. The van der Waals surface area contributed by atoms with E-state index in [1.54, 1.807) is 24.3 Å². The van der Waals surface area contributed by atoms with Crippen LogP contribution in [0.2, 0.25) is 0 Å². The number of carboxylic acids is 1. The van der Waals surface area contributed by atoms with Gasteiger partial charge in [-0.3, -0.25) is 0 Å². The molecule has 0 aliphatic heterocycles. The van der Waals surface area contributed by atoms with E-state index in [-0.39, 0.29) is 0 Å². The molecule has 0 saturated carbocycles. The van der Waals surface area contributed by atoms with Crippen LogP contribution >= 0.6 is 0 Å². The van der Waals surface area contributed by atoms with Gasteiger partial charge in [0.2, 0.25) is 0 Å². The van der Waals surface area contributed by atoms with Gasteiger partial charge >= 0.3 is 5.97 Å². The zero-order chi connectivity index (χ0) is 16.7. The first-order chi connectivity index (χ1) is 11.1. The van der Waals surface area contributed by atoms with Crippen LogP contribution in [0.1, 0.15) is 21.5 Å². The molecule has 0 aliphatic carbocycles. The second-order valence-electron chi connectivity index (χ2n) is 5.40. The molecule has 0 spiro atoms. The molecular formula is C21H20O2. The standard InChI is InChI=1S/C13H12.C8H8O2/c1-11-7-9-13(10-8-11)12-5-3-2-4-6-12;1-6-2-4-7(5-3-6)8(9)10/h2-10H,1H3;2-5H,1H3,(H,9,10). The minimum absolute atomic E-state index is 0.339. The molecule has 0 atom stereocenters. The molecule has 0 bridgehead atoms. The molecule has 0 aromatic heterocycles. The molecule has 0 fully saturated rings. The number of carbonyl (C=O) groups is 1. The highest BCUT2D eigenvalue weighted by Gasteiger charge is 1.98. The highest BCUT2D eigenvalue weighted by molar-refractivity contribution is 5.87. The van der Waals surface area contributed by atoms with E-state index in [1.165, 1.54) is 16.7 Å². The van der Waals surface area contributed by atoms with Crippen molar-refractivity contribution in [2.45, 2.75) is 13.8 Å². The van der Waals surface area contributed by atoms with Crippen molar-refractivity contribution < 1.29 is 9.90 Å². The first-order valence-corrected chi connectivity index (χ1v) is 7.48. The second-order valence-corrected chi connectivity index (χ2v) is 5.40. The first kappa shape index (κ1) is 16.5. The molecule has 0 saturated heterocycles. The summed E-state index contributed by atoms with van der Waals surface area (Å²) in [4.78, 5) is 10.3. The molecule has 0 aliphatic rings. The van der Waals surface area contributed by atoms with Crippen LogP contribution < -0.4 is 0 Å². The third kappa shape index (κ3) is 5.11. The zero-order valence-corrected chi connectivity index (χ0v) is 13.4. The monoisotopic (exact) mass is 304 g/mol. The number of hydrogen-bond donors (Lipinski definition) is 1. The number of aromatic carboxylic acids is 1. The Morgan fingerprint density at radius 2 is 1.09 bits per heavy atom. The minimum Gasteiger partial charge on any atom is -0.478 e. The maximum atomic E-state index is 10.3. The van der Waals surface area contributed by atoms with Gasteiger partial charge in [-0.2, -0.15) is 0 Å². The van der Waals surface area contributed by atoms with Gasteiger partial charge in [0.15, 0.2) is 0 Å². The third-order valence-corrected chi connectivity index (χ3v) is 3.46. The van der Waals surface area contributed by atoms with Gasteiger partial charge in [0.25, 0.3) is 0 Å². The predicted octanol–water partition coefficient (Wildman–Crippen LogP) is 5.36. The van der Waals surface area contributed by atoms with Crippen LogP contribution in [-0.4, -0.2) is 11.1 Å². The van der Waals surface area contributed by atoms with Gasteiger partial charge in [0, 0.05) is 0 Å². The van der Waals surface area contributed by atoms with Crippen LogP contribution in [0.25, 0.3) is 11.1 Å². The van der Waals surface area contributed by atoms with E-state index in [9.17, 15) is 4.79 Å². The average molecular weight is 304 g/mol. The van der Waals surface area contributed by atoms with E-state index in [4.69, 9.17) is 5.11 Å². The van der Waals surface area contributed by atoms with Crippen LogP contribution in [0.5, 0.6) is 0 Å². The Bertz CT molecular complexity index is 742. The van der Waals surface area contributed by atoms with Crippen LogP contribution in [0.3, 0.4) is 0 Å². The quantitative estimate of drug-likeness (QED) is 0.692. The van der Waals surface area contributed by atoms with Crippen molar-refractivity contribution in [3.8, 4) is 11.1 Å². The fourth-order valence-electron chi connectivity index (χ4n) is 2.07. The van der Waals surface area contributed by atoms with Crippen LogP contribution in [0, 0.1) is 13.8 Å². The number of rotatable bonds is 2. The predicted molar refractivity (Wildman–Crippen MR) is 94.8 cm³/mol. The van der Waals surface area contributed by atoms with Crippen molar-refractivity contribution >= 4 is 5.97 Å². The van der Waals surface area contributed by atoms with Gasteiger partial charge in [-0.15, -0.1) is 0 Å². The lowest BCUT2D eigenvalue weighted by atomic mass is 10.0. The molecular weight excluding hydrogens is 284 g/mol. The Balaban J connectivity index is 0.000000174. The zero-order valence-electron chi connectivity index (χ0n) is 13.4. The van der Waals surface area contributed by atoms with Gasteiger partial charge in [0.1, 0.15) is 0 Å². The van der Waals surface area contributed by atoms with E-state index < -0.39 is 5.97 Å². The molecule has 0 unspecified atom stereocenters. The van der Waals surface area contributed by atoms with Crippen LogP contribution in [-0.2, 0) is 0 Å². The molecule has 0 radical (unpaired) electrons. The molecule has 1 N–H and O–H groups in total. The fraction of sp³-hybridized carbons (Fsp3) is 0.0952. The summed E-state index contributed by atoms with van der Waals surface area (Å²) in [6.45, 7) is 4.03. The van der Waals surface area contributed by atoms with E-state index in [2.05, 4.69) is 55.5 Å². The van der Waals surface area contributed by atoms with E-state index in [0.717, 1.165) is 5.56 Å². The number of aryl methyl sites for hydroxylation is 2. The Labute approximate surface area is 137 Å². The minimum atomic E-state index is -0.875. The highest BCUT2D eigenvalue weighted by atomic mass is 16.4. The van der Waals surface area contributed by atoms with E-state index >= 15 is 0 Å². The topological polar surface area (TPSA) is 37.3 Å². The van der Waals surface area contributed by atoms with Crippen molar-refractivity contribution in [1.29, 1.82) is 0 Å². The summed E-state index contributed by atoms with van der Waals surface area (Å²) < 4.78 is 0. The maximum Gasteiger partial charge on any atom is 0.335 e. The fourth-order valence-corrected chi connectivity index (χ4v) is 2.07. The average Bonchev–Trinajstić information content (AvgIpc) is 2.57. The van der Waals surface area contributed by atoms with Gasteiger partial charge in [-0.25, -0.2) is 4.79 Å². The van der Waals surface area contributed by atoms with Crippen molar-refractivity contribution in [2.75, 3.05) is 0 Å². The lowest BCUT2D eigenvalue weighted by molar-refractivity contribution is 0.0697. The highest BCUT2D eigenvalue weighted by Crippen LogP contribution is 2.18. The lowest BCUT2D eigenvalue weighted by Crippen LogP contribution is -1.94. The smallest absolute Gasteiger partial charge is 0.335 e. The molecule has 3 rings (SSSR count). The Hall–Kier alpha value is -2.87. The van der Waals surface area contributed by atoms with E-state index in [0.29, 0.717) is 5.56 Å². The summed E-state index contributed by atoms with van der Waals surface area (Å²) in [5.41, 5.74) is 5.28. The van der Waals surface area contributed by atoms with Gasteiger partial charge in [-0.1, -0.05) is 77.9 Å². The second kappa shape index (κ2) is 7.95. The number of carboxylic acid groups (broad SMARTS) is 1. The Kier molecular flexibility index (Phi) is 5.70. The largest absolute Gasteiger partial charge is 0.478 e. The number of benzene rings is 3. The SMILES string of the molecule is Cc1ccc(-c2ccccc2)cc1.Cc1ccc(C(=O)O)cc1. The van der Waals surface area contributed by atoms with Crippen molar-refractivity contribution in [3.63, 3.8) is 0 Å². The molecule has 2 heteroatoms. The number of hydrogen-bond acceptors (Lipinski definition) is 1. The summed E-state index contributed by atoms with van der Waals surface area (Å²) in [6, 6.07) is 25.8. The molecule has 0 heterocycles. The summed E-state index contributed by atoms with van der Waals surface area (Å²) in [7, 11) is 0. The van der Waals surface area contributed by atoms with Gasteiger partial charge in [0.05, 0.1) is 5.56 Å². The third-order valence-electron chi connectivity index (χ3n) is 3.46. The normalized spacial score (nSPS) is 9.65.